The molecule has 2 aromatic carbocycles. The summed E-state index contributed by atoms with van der Waals surface area (Å²) in [5.74, 6) is -0.827. The number of fused-ring (bicyclic) bond motifs is 1. The van der Waals surface area contributed by atoms with E-state index in [0.29, 0.717) is 27.9 Å². The van der Waals surface area contributed by atoms with Gasteiger partial charge in [0.05, 0.1) is 23.8 Å². The summed E-state index contributed by atoms with van der Waals surface area (Å²) in [4.78, 5) is 36.5. The van der Waals surface area contributed by atoms with E-state index in [1.165, 1.54) is 7.11 Å². The molecule has 3 aromatic rings. The average Bonchev–Trinajstić information content (AvgIpc) is 2.67. The molecule has 1 heterocycles. The summed E-state index contributed by atoms with van der Waals surface area (Å²) in [6, 6.07) is 12.0. The number of nitrogens with one attached hydrogen (secondary N) is 1. The van der Waals surface area contributed by atoms with Gasteiger partial charge in [-0.05, 0) is 43.7 Å². The zero-order valence-electron chi connectivity index (χ0n) is 15.3. The Labute approximate surface area is 155 Å². The minimum atomic E-state index is -0.446. The molecular weight excluding hydrogens is 346 g/mol. The highest BCUT2D eigenvalue weighted by atomic mass is 16.5. The van der Waals surface area contributed by atoms with Crippen LogP contribution in [-0.4, -0.2) is 28.8 Å². The van der Waals surface area contributed by atoms with Gasteiger partial charge in [-0.1, -0.05) is 18.2 Å². The molecule has 0 saturated heterocycles. The minimum absolute atomic E-state index is 0.206. The Morgan fingerprint density at radius 3 is 2.48 bits per heavy atom. The van der Waals surface area contributed by atoms with Crippen LogP contribution < -0.4 is 10.9 Å². The second kappa shape index (κ2) is 7.41. The summed E-state index contributed by atoms with van der Waals surface area (Å²) < 4.78 is 5.84. The summed E-state index contributed by atoms with van der Waals surface area (Å²) >= 11 is 0. The fraction of sp³-hybridized carbons (Fsp3) is 0.200. The predicted octanol–water partition coefficient (Wildman–Crippen LogP) is 2.44. The Bertz CT molecular complexity index is 1100. The fourth-order valence-electron chi connectivity index (χ4n) is 2.89. The number of methoxy groups -OCH3 is 1. The van der Waals surface area contributed by atoms with Crippen LogP contribution in [0.5, 0.6) is 0 Å². The molecule has 0 fully saturated rings. The Kier molecular flexibility index (Phi) is 5.03. The summed E-state index contributed by atoms with van der Waals surface area (Å²) in [5, 5.41) is 8.28. The molecule has 1 aromatic heterocycles. The molecule has 0 aliphatic carbocycles. The first-order valence-corrected chi connectivity index (χ1v) is 8.36. The van der Waals surface area contributed by atoms with Gasteiger partial charge in [0, 0.05) is 11.1 Å². The molecule has 7 nitrogen and oxygen atoms in total. The molecule has 0 atom stereocenters. The Hall–Kier alpha value is -3.48. The summed E-state index contributed by atoms with van der Waals surface area (Å²) in [5.41, 5.74) is 2.02. The van der Waals surface area contributed by atoms with Crippen molar-refractivity contribution in [3.8, 4) is 0 Å². The van der Waals surface area contributed by atoms with Gasteiger partial charge in [0.2, 0.25) is 5.91 Å². The van der Waals surface area contributed by atoms with Crippen molar-refractivity contribution < 1.29 is 14.3 Å². The number of benzene rings is 2. The SMILES string of the molecule is COC(=O)c1ccc(NC(=O)Cn2nc(C)c3ccccc3c2=O)c(C)c1. The minimum Gasteiger partial charge on any atom is -0.465 e. The first-order chi connectivity index (χ1) is 12.9. The van der Waals surface area contributed by atoms with Crippen LogP contribution in [0.1, 0.15) is 21.6 Å². The first kappa shape index (κ1) is 18.3. The molecule has 27 heavy (non-hydrogen) atoms. The number of carbonyl (C=O) groups is 2. The van der Waals surface area contributed by atoms with Gasteiger partial charge < -0.3 is 10.1 Å². The van der Waals surface area contributed by atoms with Crippen LogP contribution in [0.4, 0.5) is 5.69 Å². The lowest BCUT2D eigenvalue weighted by Gasteiger charge is -2.11. The van der Waals surface area contributed by atoms with Gasteiger partial charge in [-0.3, -0.25) is 9.59 Å². The van der Waals surface area contributed by atoms with Crippen LogP contribution in [0.2, 0.25) is 0 Å². The van der Waals surface area contributed by atoms with Gasteiger partial charge in [0.15, 0.2) is 0 Å². The Balaban J connectivity index is 1.83. The smallest absolute Gasteiger partial charge is 0.337 e. The summed E-state index contributed by atoms with van der Waals surface area (Å²) in [6.45, 7) is 3.36. The number of aromatic nitrogens is 2. The van der Waals surface area contributed by atoms with E-state index in [-0.39, 0.29) is 18.0 Å². The highest BCUT2D eigenvalue weighted by Crippen LogP contribution is 2.17. The maximum atomic E-state index is 12.6. The van der Waals surface area contributed by atoms with E-state index in [9.17, 15) is 14.4 Å². The molecule has 1 N–H and O–H groups in total. The number of rotatable bonds is 4. The standard InChI is InChI=1S/C20H19N3O4/c1-12-10-14(20(26)27-3)8-9-17(12)21-18(24)11-23-19(25)16-7-5-4-6-15(16)13(2)22-23/h4-10H,11H2,1-3H3,(H,21,24). The third-order valence-electron chi connectivity index (χ3n) is 4.27. The quantitative estimate of drug-likeness (QED) is 0.717. The molecule has 0 spiro atoms. The maximum Gasteiger partial charge on any atom is 0.337 e. The van der Waals surface area contributed by atoms with E-state index in [1.54, 1.807) is 44.2 Å². The van der Waals surface area contributed by atoms with Gasteiger partial charge >= 0.3 is 5.97 Å². The summed E-state index contributed by atoms with van der Waals surface area (Å²) in [7, 11) is 1.31. The van der Waals surface area contributed by atoms with Gasteiger partial charge in [-0.25, -0.2) is 9.48 Å². The van der Waals surface area contributed by atoms with Crippen molar-refractivity contribution in [3.05, 3.63) is 69.6 Å². The number of hydrogen-bond acceptors (Lipinski definition) is 5. The Morgan fingerprint density at radius 1 is 1.11 bits per heavy atom. The van der Waals surface area contributed by atoms with Gasteiger partial charge in [0.25, 0.3) is 5.56 Å². The molecule has 0 aliphatic heterocycles. The largest absolute Gasteiger partial charge is 0.465 e. The number of nitrogens with zero attached hydrogens (tertiary/aromatic N) is 2. The normalized spacial score (nSPS) is 10.6. The zero-order valence-corrected chi connectivity index (χ0v) is 15.3. The lowest BCUT2D eigenvalue weighted by atomic mass is 10.1. The molecule has 0 saturated carbocycles. The number of hydrogen-bond donors (Lipinski definition) is 1. The van der Waals surface area contributed by atoms with Crippen molar-refractivity contribution >= 4 is 28.3 Å². The van der Waals surface area contributed by atoms with Crippen LogP contribution in [-0.2, 0) is 16.1 Å². The third-order valence-corrected chi connectivity index (χ3v) is 4.27. The van der Waals surface area contributed by atoms with Crippen molar-refractivity contribution in [1.82, 2.24) is 9.78 Å². The summed E-state index contributed by atoms with van der Waals surface area (Å²) in [6.07, 6.45) is 0. The fourth-order valence-corrected chi connectivity index (χ4v) is 2.89. The highest BCUT2D eigenvalue weighted by molar-refractivity contribution is 5.94. The second-order valence-electron chi connectivity index (χ2n) is 6.16. The van der Waals surface area contributed by atoms with E-state index >= 15 is 0 Å². The van der Waals surface area contributed by atoms with Crippen LogP contribution in [0, 0.1) is 13.8 Å². The lowest BCUT2D eigenvalue weighted by molar-refractivity contribution is -0.117. The molecule has 138 valence electrons. The predicted molar refractivity (Wildman–Crippen MR) is 102 cm³/mol. The molecular formula is C20H19N3O4. The van der Waals surface area contributed by atoms with Gasteiger partial charge in [-0.15, -0.1) is 0 Å². The molecule has 0 unspecified atom stereocenters. The van der Waals surface area contributed by atoms with Crippen molar-refractivity contribution in [2.75, 3.05) is 12.4 Å². The van der Waals surface area contributed by atoms with Gasteiger partial charge in [0.1, 0.15) is 6.54 Å². The second-order valence-corrected chi connectivity index (χ2v) is 6.16. The zero-order chi connectivity index (χ0) is 19.6. The third kappa shape index (κ3) is 3.72. The average molecular weight is 365 g/mol. The number of amides is 1. The van der Waals surface area contributed by atoms with E-state index < -0.39 is 5.97 Å². The van der Waals surface area contributed by atoms with E-state index in [0.717, 1.165) is 10.1 Å². The lowest BCUT2D eigenvalue weighted by Crippen LogP contribution is -2.30. The number of carbonyl (C=O) groups excluding carboxylic acids is 2. The van der Waals surface area contributed by atoms with Crippen LogP contribution in [0.3, 0.4) is 0 Å². The number of anilines is 1. The molecule has 1 amide bonds. The van der Waals surface area contributed by atoms with Crippen molar-refractivity contribution in [2.24, 2.45) is 0 Å². The number of ether oxygens (including phenoxy) is 1. The van der Waals surface area contributed by atoms with Crippen LogP contribution in [0.25, 0.3) is 10.8 Å². The molecule has 0 radical (unpaired) electrons. The van der Waals surface area contributed by atoms with Crippen LogP contribution >= 0.6 is 0 Å². The molecule has 0 aliphatic rings. The molecule has 0 bridgehead atoms. The van der Waals surface area contributed by atoms with Crippen LogP contribution in [0.15, 0.2) is 47.3 Å². The Morgan fingerprint density at radius 2 is 1.81 bits per heavy atom. The van der Waals surface area contributed by atoms with E-state index in [1.807, 2.05) is 12.1 Å². The number of esters is 1. The van der Waals surface area contributed by atoms with E-state index in [4.69, 9.17) is 0 Å². The maximum absolute atomic E-state index is 12.6. The molecule has 3 rings (SSSR count). The monoisotopic (exact) mass is 365 g/mol. The number of aryl methyl sites for hydroxylation is 2. The molecule has 7 heteroatoms. The van der Waals surface area contributed by atoms with E-state index in [2.05, 4.69) is 15.2 Å². The highest BCUT2D eigenvalue weighted by Gasteiger charge is 2.13. The van der Waals surface area contributed by atoms with Crippen molar-refractivity contribution in [3.63, 3.8) is 0 Å². The van der Waals surface area contributed by atoms with Crippen molar-refractivity contribution in [1.29, 1.82) is 0 Å². The van der Waals surface area contributed by atoms with Gasteiger partial charge in [-0.2, -0.15) is 5.10 Å². The topological polar surface area (TPSA) is 90.3 Å². The van der Waals surface area contributed by atoms with Crippen molar-refractivity contribution in [2.45, 2.75) is 20.4 Å². The first-order valence-electron chi connectivity index (χ1n) is 8.36.